The van der Waals surface area contributed by atoms with E-state index < -0.39 is 0 Å². The van der Waals surface area contributed by atoms with Gasteiger partial charge < -0.3 is 10.1 Å². The molecule has 1 atom stereocenters. The maximum Gasteiger partial charge on any atom is 0.157 e. The summed E-state index contributed by atoms with van der Waals surface area (Å²) in [5.74, 6) is 0.869. The van der Waals surface area contributed by atoms with Crippen molar-refractivity contribution in [2.75, 3.05) is 13.2 Å². The second-order valence-corrected chi connectivity index (χ2v) is 5.59. The minimum Gasteiger partial charge on any atom is -0.370 e. The molecule has 2 rings (SSSR count). The number of aryl methyl sites for hydroxylation is 2. The van der Waals surface area contributed by atoms with Gasteiger partial charge in [0.05, 0.1) is 0 Å². The van der Waals surface area contributed by atoms with Crippen LogP contribution in [0.2, 0.25) is 0 Å². The number of nitrogens with one attached hydrogen (secondary N) is 1. The van der Waals surface area contributed by atoms with Crippen molar-refractivity contribution < 1.29 is 4.74 Å². The van der Waals surface area contributed by atoms with Crippen LogP contribution in [0.5, 0.6) is 0 Å². The lowest BCUT2D eigenvalue weighted by Crippen LogP contribution is -2.25. The van der Waals surface area contributed by atoms with Crippen LogP contribution in [0.4, 0.5) is 0 Å². The fourth-order valence-corrected chi connectivity index (χ4v) is 2.54. The third-order valence-electron chi connectivity index (χ3n) is 3.58. The molecule has 0 spiro atoms. The number of hydrogen-bond donors (Lipinski definition) is 1. The van der Waals surface area contributed by atoms with Crippen molar-refractivity contribution in [1.29, 1.82) is 0 Å². The molecule has 1 aliphatic heterocycles. The summed E-state index contributed by atoms with van der Waals surface area (Å²) in [6, 6.07) is 0.521. The van der Waals surface area contributed by atoms with Gasteiger partial charge in [0.15, 0.2) is 5.82 Å². The maximum absolute atomic E-state index is 5.66. The summed E-state index contributed by atoms with van der Waals surface area (Å²) < 4.78 is 5.66. The molecule has 1 aromatic heterocycles. The molecule has 1 aliphatic rings. The van der Waals surface area contributed by atoms with Gasteiger partial charge >= 0.3 is 0 Å². The topological polar surface area (TPSA) is 47.0 Å². The lowest BCUT2D eigenvalue weighted by atomic mass is 10.1. The molecule has 19 heavy (non-hydrogen) atoms. The van der Waals surface area contributed by atoms with E-state index in [1.807, 2.05) is 0 Å². The summed E-state index contributed by atoms with van der Waals surface area (Å²) in [6.45, 7) is 10.3. The highest BCUT2D eigenvalue weighted by Gasteiger charge is 2.22. The largest absolute Gasteiger partial charge is 0.370 e. The molecular weight excluding hydrogens is 238 g/mol. The first-order valence-electron chi connectivity index (χ1n) is 7.27. The molecule has 0 aliphatic carbocycles. The second-order valence-electron chi connectivity index (χ2n) is 5.59. The standard InChI is InChI=1S/C15H25N3O/c1-10(2)16-8-7-13-11(3)17-15(18-12(13)4)14-6-5-9-19-14/h10,14,16H,5-9H2,1-4H3. The smallest absolute Gasteiger partial charge is 0.157 e. The van der Waals surface area contributed by atoms with Crippen molar-refractivity contribution in [2.45, 2.75) is 59.1 Å². The predicted molar refractivity (Wildman–Crippen MR) is 76.3 cm³/mol. The molecule has 0 radical (unpaired) electrons. The van der Waals surface area contributed by atoms with Crippen LogP contribution in [0.25, 0.3) is 0 Å². The third kappa shape index (κ3) is 3.74. The van der Waals surface area contributed by atoms with Crippen molar-refractivity contribution in [1.82, 2.24) is 15.3 Å². The molecule has 0 amide bonds. The van der Waals surface area contributed by atoms with E-state index in [4.69, 9.17) is 4.74 Å². The van der Waals surface area contributed by atoms with Crippen LogP contribution >= 0.6 is 0 Å². The number of ether oxygens (including phenoxy) is 1. The predicted octanol–water partition coefficient (Wildman–Crippen LogP) is 2.49. The van der Waals surface area contributed by atoms with Crippen LogP contribution in [0.15, 0.2) is 0 Å². The molecule has 4 nitrogen and oxygen atoms in total. The van der Waals surface area contributed by atoms with Crippen LogP contribution in [0.3, 0.4) is 0 Å². The first kappa shape index (κ1) is 14.4. The van der Waals surface area contributed by atoms with E-state index in [2.05, 4.69) is 43.0 Å². The second kappa shape index (κ2) is 6.44. The zero-order valence-corrected chi connectivity index (χ0v) is 12.5. The van der Waals surface area contributed by atoms with Gasteiger partial charge in [-0.3, -0.25) is 0 Å². The molecule has 1 fully saturated rings. The zero-order chi connectivity index (χ0) is 13.8. The lowest BCUT2D eigenvalue weighted by Gasteiger charge is -2.15. The normalized spacial score (nSPS) is 19.3. The Morgan fingerprint density at radius 1 is 1.26 bits per heavy atom. The van der Waals surface area contributed by atoms with Gasteiger partial charge in [0, 0.05) is 24.0 Å². The summed E-state index contributed by atoms with van der Waals surface area (Å²) in [5, 5.41) is 3.44. The highest BCUT2D eigenvalue weighted by atomic mass is 16.5. The summed E-state index contributed by atoms with van der Waals surface area (Å²) in [5.41, 5.74) is 3.47. The number of rotatable bonds is 5. The Hall–Kier alpha value is -1.00. The van der Waals surface area contributed by atoms with Crippen LogP contribution in [-0.4, -0.2) is 29.2 Å². The van der Waals surface area contributed by atoms with E-state index in [1.54, 1.807) is 0 Å². The first-order valence-corrected chi connectivity index (χ1v) is 7.27. The minimum absolute atomic E-state index is 0.111. The van der Waals surface area contributed by atoms with Crippen LogP contribution < -0.4 is 5.32 Å². The summed E-state index contributed by atoms with van der Waals surface area (Å²) >= 11 is 0. The van der Waals surface area contributed by atoms with Gasteiger partial charge in [-0.2, -0.15) is 0 Å². The van der Waals surface area contributed by atoms with E-state index in [-0.39, 0.29) is 6.10 Å². The monoisotopic (exact) mass is 263 g/mol. The summed E-state index contributed by atoms with van der Waals surface area (Å²) in [4.78, 5) is 9.30. The number of nitrogens with zero attached hydrogens (tertiary/aromatic N) is 2. The van der Waals surface area contributed by atoms with E-state index in [1.165, 1.54) is 5.56 Å². The lowest BCUT2D eigenvalue weighted by molar-refractivity contribution is 0.104. The highest BCUT2D eigenvalue weighted by Crippen LogP contribution is 2.27. The molecule has 0 saturated carbocycles. The van der Waals surface area contributed by atoms with Crippen molar-refractivity contribution in [3.05, 3.63) is 22.8 Å². The van der Waals surface area contributed by atoms with E-state index in [0.29, 0.717) is 6.04 Å². The van der Waals surface area contributed by atoms with Crippen molar-refractivity contribution in [3.8, 4) is 0 Å². The SMILES string of the molecule is Cc1nc(C2CCCO2)nc(C)c1CCNC(C)C. The fourth-order valence-electron chi connectivity index (χ4n) is 2.54. The maximum atomic E-state index is 5.66. The van der Waals surface area contributed by atoms with Crippen molar-refractivity contribution in [2.24, 2.45) is 0 Å². The molecule has 106 valence electrons. The highest BCUT2D eigenvalue weighted by molar-refractivity contribution is 5.25. The molecule has 2 heterocycles. The van der Waals surface area contributed by atoms with E-state index in [9.17, 15) is 0 Å². The Bertz CT molecular complexity index is 402. The fraction of sp³-hybridized carbons (Fsp3) is 0.733. The first-order chi connectivity index (χ1) is 9.08. The quantitative estimate of drug-likeness (QED) is 0.886. The molecule has 4 heteroatoms. The molecule has 0 aromatic carbocycles. The van der Waals surface area contributed by atoms with Gasteiger partial charge in [0.1, 0.15) is 6.10 Å². The average Bonchev–Trinajstić information content (AvgIpc) is 2.85. The van der Waals surface area contributed by atoms with Gasteiger partial charge in [0.25, 0.3) is 0 Å². The van der Waals surface area contributed by atoms with Crippen LogP contribution in [0, 0.1) is 13.8 Å². The molecule has 0 bridgehead atoms. The Morgan fingerprint density at radius 3 is 2.47 bits per heavy atom. The average molecular weight is 263 g/mol. The van der Waals surface area contributed by atoms with Crippen molar-refractivity contribution >= 4 is 0 Å². The number of hydrogen-bond acceptors (Lipinski definition) is 4. The summed E-state index contributed by atoms with van der Waals surface area (Å²) in [6.07, 6.45) is 3.27. The Morgan fingerprint density at radius 2 is 1.95 bits per heavy atom. The van der Waals surface area contributed by atoms with Crippen LogP contribution in [0.1, 0.15) is 55.6 Å². The molecule has 1 aromatic rings. The van der Waals surface area contributed by atoms with Gasteiger partial charge in [-0.25, -0.2) is 9.97 Å². The Labute approximate surface area is 116 Å². The molecule has 1 saturated heterocycles. The zero-order valence-electron chi connectivity index (χ0n) is 12.5. The van der Waals surface area contributed by atoms with Crippen molar-refractivity contribution in [3.63, 3.8) is 0 Å². The van der Waals surface area contributed by atoms with E-state index in [0.717, 1.165) is 49.6 Å². The number of aromatic nitrogens is 2. The van der Waals surface area contributed by atoms with Gasteiger partial charge in [-0.05, 0) is 45.2 Å². The Kier molecular flexibility index (Phi) is 4.88. The minimum atomic E-state index is 0.111. The Balaban J connectivity index is 2.08. The van der Waals surface area contributed by atoms with Gasteiger partial charge in [-0.1, -0.05) is 13.8 Å². The van der Waals surface area contributed by atoms with Gasteiger partial charge in [0.2, 0.25) is 0 Å². The molecular formula is C15H25N3O. The summed E-state index contributed by atoms with van der Waals surface area (Å²) in [7, 11) is 0. The van der Waals surface area contributed by atoms with E-state index >= 15 is 0 Å². The molecule has 1 N–H and O–H groups in total. The van der Waals surface area contributed by atoms with Crippen LogP contribution in [-0.2, 0) is 11.2 Å². The third-order valence-corrected chi connectivity index (χ3v) is 3.58. The molecule has 1 unspecified atom stereocenters. The van der Waals surface area contributed by atoms with Gasteiger partial charge in [-0.15, -0.1) is 0 Å².